The van der Waals surface area contributed by atoms with Crippen molar-refractivity contribution in [1.29, 1.82) is 0 Å². The SMILES string of the molecule is O=C(Cn1nnc(C2CC2)n1)c1cccc(Cl)c1Cl. The van der Waals surface area contributed by atoms with E-state index in [4.69, 9.17) is 23.2 Å². The van der Waals surface area contributed by atoms with Crippen LogP contribution in [-0.4, -0.2) is 26.0 Å². The summed E-state index contributed by atoms with van der Waals surface area (Å²) in [5.41, 5.74) is 0.374. The summed E-state index contributed by atoms with van der Waals surface area (Å²) in [5.74, 6) is 0.941. The average Bonchev–Trinajstić information content (AvgIpc) is 3.14. The van der Waals surface area contributed by atoms with Crippen molar-refractivity contribution in [2.45, 2.75) is 25.3 Å². The number of carbonyl (C=O) groups is 1. The van der Waals surface area contributed by atoms with Gasteiger partial charge in [-0.2, -0.15) is 4.80 Å². The van der Waals surface area contributed by atoms with Gasteiger partial charge in [-0.3, -0.25) is 4.79 Å². The first kappa shape index (κ1) is 12.6. The fourth-order valence-corrected chi connectivity index (χ4v) is 2.17. The Morgan fingerprint density at radius 1 is 1.37 bits per heavy atom. The number of tetrazole rings is 1. The van der Waals surface area contributed by atoms with Crippen LogP contribution < -0.4 is 0 Å². The van der Waals surface area contributed by atoms with Crippen LogP contribution in [-0.2, 0) is 6.54 Å². The van der Waals surface area contributed by atoms with Crippen LogP contribution in [0.15, 0.2) is 18.2 Å². The van der Waals surface area contributed by atoms with Crippen LogP contribution in [0.1, 0.15) is 34.9 Å². The second-order valence-electron chi connectivity index (χ2n) is 4.48. The highest BCUT2D eigenvalue weighted by molar-refractivity contribution is 6.43. The molecular formula is C12H10Cl2N4O. The summed E-state index contributed by atoms with van der Waals surface area (Å²) in [6.45, 7) is 0.0137. The van der Waals surface area contributed by atoms with Crippen molar-refractivity contribution in [3.8, 4) is 0 Å². The quantitative estimate of drug-likeness (QED) is 0.814. The maximum Gasteiger partial charge on any atom is 0.187 e. The molecule has 1 heterocycles. The molecule has 7 heteroatoms. The number of ketones is 1. The first-order valence-electron chi connectivity index (χ1n) is 5.90. The molecular weight excluding hydrogens is 287 g/mol. The minimum atomic E-state index is -0.188. The van der Waals surface area contributed by atoms with E-state index in [9.17, 15) is 4.79 Å². The van der Waals surface area contributed by atoms with Gasteiger partial charge in [0.15, 0.2) is 11.6 Å². The van der Waals surface area contributed by atoms with Crippen LogP contribution in [0.3, 0.4) is 0 Å². The zero-order valence-electron chi connectivity index (χ0n) is 9.88. The number of carbonyl (C=O) groups excluding carboxylic acids is 1. The molecule has 0 radical (unpaired) electrons. The molecule has 1 saturated carbocycles. The van der Waals surface area contributed by atoms with Gasteiger partial charge in [-0.1, -0.05) is 29.3 Å². The highest BCUT2D eigenvalue weighted by Crippen LogP contribution is 2.37. The molecule has 3 rings (SSSR count). The van der Waals surface area contributed by atoms with E-state index in [1.807, 2.05) is 0 Å². The minimum Gasteiger partial charge on any atom is -0.292 e. The smallest absolute Gasteiger partial charge is 0.187 e. The fourth-order valence-electron chi connectivity index (χ4n) is 1.76. The standard InChI is InChI=1S/C12H10Cl2N4O/c13-9-3-1-2-8(11(9)14)10(19)6-18-16-12(15-17-18)7-4-5-7/h1-3,7H,4-6H2. The van der Waals surface area contributed by atoms with E-state index < -0.39 is 0 Å². The first-order valence-corrected chi connectivity index (χ1v) is 6.65. The summed E-state index contributed by atoms with van der Waals surface area (Å²) >= 11 is 11.9. The monoisotopic (exact) mass is 296 g/mol. The third kappa shape index (κ3) is 2.62. The number of Topliss-reactive ketones (excluding diaryl/α,β-unsaturated/α-hetero) is 1. The molecule has 5 nitrogen and oxygen atoms in total. The second kappa shape index (κ2) is 4.90. The van der Waals surface area contributed by atoms with E-state index in [0.717, 1.165) is 12.8 Å². The summed E-state index contributed by atoms with van der Waals surface area (Å²) < 4.78 is 0. The fraction of sp³-hybridized carbons (Fsp3) is 0.333. The number of hydrogen-bond acceptors (Lipinski definition) is 4. The third-order valence-electron chi connectivity index (χ3n) is 2.95. The Bertz CT molecular complexity index is 636. The van der Waals surface area contributed by atoms with E-state index in [2.05, 4.69) is 15.4 Å². The maximum absolute atomic E-state index is 12.1. The van der Waals surface area contributed by atoms with Crippen LogP contribution in [0.25, 0.3) is 0 Å². The molecule has 0 bridgehead atoms. The normalized spacial score (nSPS) is 14.6. The van der Waals surface area contributed by atoms with Crippen LogP contribution in [0.2, 0.25) is 10.0 Å². The van der Waals surface area contributed by atoms with Gasteiger partial charge in [0.05, 0.1) is 10.0 Å². The van der Waals surface area contributed by atoms with Gasteiger partial charge in [0.2, 0.25) is 0 Å². The summed E-state index contributed by atoms with van der Waals surface area (Å²) in [5, 5.41) is 12.6. The van der Waals surface area contributed by atoms with Gasteiger partial charge in [-0.15, -0.1) is 10.2 Å². The Morgan fingerprint density at radius 2 is 2.16 bits per heavy atom. The molecule has 0 spiro atoms. The number of hydrogen-bond donors (Lipinski definition) is 0. The molecule has 1 aliphatic carbocycles. The average molecular weight is 297 g/mol. The zero-order valence-corrected chi connectivity index (χ0v) is 11.4. The molecule has 1 aromatic heterocycles. The largest absolute Gasteiger partial charge is 0.292 e. The highest BCUT2D eigenvalue weighted by atomic mass is 35.5. The molecule has 1 aromatic carbocycles. The van der Waals surface area contributed by atoms with Gasteiger partial charge in [-0.05, 0) is 30.2 Å². The lowest BCUT2D eigenvalue weighted by molar-refractivity contribution is 0.0961. The maximum atomic E-state index is 12.1. The van der Waals surface area contributed by atoms with Gasteiger partial charge in [0, 0.05) is 11.5 Å². The third-order valence-corrected chi connectivity index (χ3v) is 3.77. The first-order chi connectivity index (χ1) is 9.15. The molecule has 0 N–H and O–H groups in total. The predicted octanol–water partition coefficient (Wildman–Crippen LogP) is 2.74. The second-order valence-corrected chi connectivity index (χ2v) is 5.26. The van der Waals surface area contributed by atoms with Gasteiger partial charge in [-0.25, -0.2) is 0 Å². The number of aromatic nitrogens is 4. The van der Waals surface area contributed by atoms with Gasteiger partial charge >= 0.3 is 0 Å². The van der Waals surface area contributed by atoms with Crippen LogP contribution in [0, 0.1) is 0 Å². The highest BCUT2D eigenvalue weighted by Gasteiger charge is 2.28. The lowest BCUT2D eigenvalue weighted by Gasteiger charge is -2.03. The van der Waals surface area contributed by atoms with E-state index in [-0.39, 0.29) is 17.4 Å². The lowest BCUT2D eigenvalue weighted by atomic mass is 10.1. The Hall–Kier alpha value is -1.46. The van der Waals surface area contributed by atoms with Crippen LogP contribution in [0.4, 0.5) is 0 Å². The Kier molecular flexibility index (Phi) is 3.24. The molecule has 98 valence electrons. The molecule has 0 aliphatic heterocycles. The Labute approximate surface area is 119 Å². The lowest BCUT2D eigenvalue weighted by Crippen LogP contribution is -2.13. The molecule has 2 aromatic rings. The van der Waals surface area contributed by atoms with Gasteiger partial charge < -0.3 is 0 Å². The molecule has 0 amide bonds. The van der Waals surface area contributed by atoms with Crippen molar-refractivity contribution in [1.82, 2.24) is 20.2 Å². The summed E-state index contributed by atoms with van der Waals surface area (Å²) in [6, 6.07) is 4.96. The molecule has 1 aliphatic rings. The Balaban J connectivity index is 1.78. The number of rotatable bonds is 4. The molecule has 19 heavy (non-hydrogen) atoms. The summed E-state index contributed by atoms with van der Waals surface area (Å²) in [4.78, 5) is 13.4. The van der Waals surface area contributed by atoms with Crippen molar-refractivity contribution >= 4 is 29.0 Å². The van der Waals surface area contributed by atoms with Crippen molar-refractivity contribution in [2.75, 3.05) is 0 Å². The molecule has 0 saturated heterocycles. The number of nitrogens with zero attached hydrogens (tertiary/aromatic N) is 4. The van der Waals surface area contributed by atoms with Crippen molar-refractivity contribution in [3.05, 3.63) is 39.6 Å². The predicted molar refractivity (Wildman–Crippen MR) is 70.6 cm³/mol. The van der Waals surface area contributed by atoms with Crippen molar-refractivity contribution < 1.29 is 4.79 Å². The van der Waals surface area contributed by atoms with E-state index >= 15 is 0 Å². The number of halogens is 2. The van der Waals surface area contributed by atoms with E-state index in [0.29, 0.717) is 22.3 Å². The summed E-state index contributed by atoms with van der Waals surface area (Å²) in [6.07, 6.45) is 2.19. The summed E-state index contributed by atoms with van der Waals surface area (Å²) in [7, 11) is 0. The van der Waals surface area contributed by atoms with Gasteiger partial charge in [0.1, 0.15) is 6.54 Å². The number of benzene rings is 1. The Morgan fingerprint density at radius 3 is 2.89 bits per heavy atom. The van der Waals surface area contributed by atoms with E-state index in [1.165, 1.54) is 4.80 Å². The van der Waals surface area contributed by atoms with Crippen LogP contribution >= 0.6 is 23.2 Å². The molecule has 0 unspecified atom stereocenters. The molecule has 0 atom stereocenters. The van der Waals surface area contributed by atoms with Gasteiger partial charge in [0.25, 0.3) is 0 Å². The van der Waals surface area contributed by atoms with Crippen LogP contribution in [0.5, 0.6) is 0 Å². The van der Waals surface area contributed by atoms with Crippen molar-refractivity contribution in [3.63, 3.8) is 0 Å². The molecule has 1 fully saturated rings. The minimum absolute atomic E-state index is 0.0137. The van der Waals surface area contributed by atoms with Crippen molar-refractivity contribution in [2.24, 2.45) is 0 Å². The topological polar surface area (TPSA) is 60.7 Å². The van der Waals surface area contributed by atoms with E-state index in [1.54, 1.807) is 18.2 Å². The zero-order chi connectivity index (χ0) is 13.4.